The minimum absolute atomic E-state index is 0.0866. The van der Waals surface area contributed by atoms with Crippen molar-refractivity contribution in [1.82, 2.24) is 0 Å². The Morgan fingerprint density at radius 3 is 2.54 bits per heavy atom. The Bertz CT molecular complexity index is 390. The molecule has 3 nitrogen and oxygen atoms in total. The van der Waals surface area contributed by atoms with E-state index >= 15 is 0 Å². The number of halogens is 1. The lowest BCUT2D eigenvalue weighted by Gasteiger charge is -1.98. The van der Waals surface area contributed by atoms with Gasteiger partial charge in [-0.3, -0.25) is 4.79 Å². The van der Waals surface area contributed by atoms with E-state index in [1.807, 2.05) is 0 Å². The highest BCUT2D eigenvalue weighted by Gasteiger charge is 1.99. The van der Waals surface area contributed by atoms with E-state index in [9.17, 15) is 13.2 Å². The third-order valence-electron chi connectivity index (χ3n) is 1.43. The van der Waals surface area contributed by atoms with E-state index in [4.69, 9.17) is 11.6 Å². The summed E-state index contributed by atoms with van der Waals surface area (Å²) in [6.45, 7) is 0. The van der Waals surface area contributed by atoms with Crippen LogP contribution in [0.15, 0.2) is 18.2 Å². The molecule has 0 aliphatic carbocycles. The lowest BCUT2D eigenvalue weighted by molar-refractivity contribution is 0.112. The average Bonchev–Trinajstić information content (AvgIpc) is 2.01. The first-order chi connectivity index (χ1) is 6.11. The van der Waals surface area contributed by atoms with Crippen LogP contribution in [0.25, 0.3) is 0 Å². The molecule has 0 atom stereocenters. The number of thiol groups is 1. The molecule has 5 heteroatoms. The predicted octanol–water partition coefficient (Wildman–Crippen LogP) is 1.26. The second kappa shape index (κ2) is 4.39. The molecule has 70 valence electrons. The molecule has 0 radical (unpaired) electrons. The molecular formula is C8H7ClO3S. The minimum atomic E-state index is -2.48. The Balaban J connectivity index is 3.07. The van der Waals surface area contributed by atoms with Gasteiger partial charge in [0, 0.05) is 10.6 Å². The van der Waals surface area contributed by atoms with Gasteiger partial charge in [0.15, 0.2) is 0 Å². The molecule has 0 spiro atoms. The van der Waals surface area contributed by atoms with E-state index in [2.05, 4.69) is 0 Å². The summed E-state index contributed by atoms with van der Waals surface area (Å²) in [4.78, 5) is 10.4. The van der Waals surface area contributed by atoms with Crippen LogP contribution in [0.1, 0.15) is 15.9 Å². The van der Waals surface area contributed by atoms with E-state index in [0.717, 1.165) is 0 Å². The molecule has 0 unspecified atom stereocenters. The normalized spacial score (nSPS) is 10.3. The third-order valence-corrected chi connectivity index (χ3v) is 2.27. The fourth-order valence-corrected chi connectivity index (χ4v) is 1.73. The van der Waals surface area contributed by atoms with Crippen molar-refractivity contribution in [2.45, 2.75) is 5.75 Å². The molecule has 0 heterocycles. The van der Waals surface area contributed by atoms with Crippen LogP contribution in [0.2, 0.25) is 5.02 Å². The molecule has 0 bridgehead atoms. The summed E-state index contributed by atoms with van der Waals surface area (Å²) in [7, 11) is -2.48. The van der Waals surface area contributed by atoms with Gasteiger partial charge in [0.2, 0.25) is 0 Å². The Morgan fingerprint density at radius 1 is 1.31 bits per heavy atom. The zero-order chi connectivity index (χ0) is 9.84. The maximum absolute atomic E-state index is 10.4. The van der Waals surface area contributed by atoms with Crippen molar-refractivity contribution in [2.75, 3.05) is 0 Å². The van der Waals surface area contributed by atoms with Crippen LogP contribution in [0.3, 0.4) is 0 Å². The van der Waals surface area contributed by atoms with Crippen LogP contribution in [-0.2, 0) is 16.5 Å². The molecule has 1 aromatic carbocycles. The van der Waals surface area contributed by atoms with Gasteiger partial charge in [0.05, 0.1) is 5.75 Å². The first kappa shape index (κ1) is 10.2. The van der Waals surface area contributed by atoms with Crippen LogP contribution in [0.5, 0.6) is 0 Å². The molecule has 0 amide bonds. The molecule has 1 rings (SSSR count). The van der Waals surface area contributed by atoms with Crippen molar-refractivity contribution in [3.8, 4) is 0 Å². The van der Waals surface area contributed by atoms with Crippen LogP contribution in [0.4, 0.5) is 0 Å². The number of rotatable bonds is 3. The van der Waals surface area contributed by atoms with Crippen LogP contribution >= 0.6 is 11.6 Å². The minimum Gasteiger partial charge on any atom is -0.298 e. The SMILES string of the molecule is O=Cc1cc(Cl)cc(C[SH](=O)=O)c1. The van der Waals surface area contributed by atoms with Gasteiger partial charge in [-0.25, -0.2) is 8.42 Å². The van der Waals surface area contributed by atoms with E-state index in [0.29, 0.717) is 22.4 Å². The quantitative estimate of drug-likeness (QED) is 0.614. The van der Waals surface area contributed by atoms with Crippen LogP contribution < -0.4 is 0 Å². The van der Waals surface area contributed by atoms with Crippen molar-refractivity contribution in [2.24, 2.45) is 0 Å². The summed E-state index contributed by atoms with van der Waals surface area (Å²) in [5.74, 6) is -0.0866. The Morgan fingerprint density at radius 2 is 2.00 bits per heavy atom. The first-order valence-electron chi connectivity index (χ1n) is 3.48. The molecule has 0 aliphatic heterocycles. The summed E-state index contributed by atoms with van der Waals surface area (Å²) in [6.07, 6.45) is 0.632. The lowest BCUT2D eigenvalue weighted by Crippen LogP contribution is -1.89. The zero-order valence-corrected chi connectivity index (χ0v) is 8.22. The standard InChI is InChI=1S/C8H7ClO3S/c9-8-2-6(4-10)1-7(3-8)5-13(11)12/h1-4,13H,5H2. The van der Waals surface area contributed by atoms with Crippen molar-refractivity contribution in [1.29, 1.82) is 0 Å². The molecule has 1 aromatic rings. The van der Waals surface area contributed by atoms with Gasteiger partial charge in [-0.05, 0) is 23.8 Å². The highest BCUT2D eigenvalue weighted by Crippen LogP contribution is 2.14. The highest BCUT2D eigenvalue weighted by molar-refractivity contribution is 7.71. The van der Waals surface area contributed by atoms with E-state index in [1.54, 1.807) is 0 Å². The number of hydrogen-bond donors (Lipinski definition) is 1. The highest BCUT2D eigenvalue weighted by atomic mass is 35.5. The zero-order valence-electron chi connectivity index (χ0n) is 6.57. The van der Waals surface area contributed by atoms with E-state index < -0.39 is 10.7 Å². The van der Waals surface area contributed by atoms with Gasteiger partial charge < -0.3 is 0 Å². The summed E-state index contributed by atoms with van der Waals surface area (Å²) in [6, 6.07) is 4.51. The molecule has 0 saturated heterocycles. The number of benzene rings is 1. The predicted molar refractivity (Wildman–Crippen MR) is 50.9 cm³/mol. The molecule has 13 heavy (non-hydrogen) atoms. The van der Waals surface area contributed by atoms with Crippen molar-refractivity contribution in [3.05, 3.63) is 34.3 Å². The Kier molecular flexibility index (Phi) is 3.45. The largest absolute Gasteiger partial charge is 0.298 e. The molecule has 0 fully saturated rings. The number of carbonyl (C=O) groups is 1. The van der Waals surface area contributed by atoms with Gasteiger partial charge in [0.1, 0.15) is 17.0 Å². The second-order valence-corrected chi connectivity index (χ2v) is 3.92. The average molecular weight is 219 g/mol. The van der Waals surface area contributed by atoms with Crippen LogP contribution in [0, 0.1) is 0 Å². The number of hydrogen-bond acceptors (Lipinski definition) is 3. The Hall–Kier alpha value is -0.870. The van der Waals surface area contributed by atoms with Crippen molar-refractivity contribution < 1.29 is 13.2 Å². The summed E-state index contributed by atoms with van der Waals surface area (Å²) in [5.41, 5.74) is 0.921. The first-order valence-corrected chi connectivity index (χ1v) is 5.22. The van der Waals surface area contributed by atoms with E-state index in [-0.39, 0.29) is 5.75 Å². The smallest absolute Gasteiger partial charge is 0.150 e. The van der Waals surface area contributed by atoms with Gasteiger partial charge in [0.25, 0.3) is 0 Å². The summed E-state index contributed by atoms with van der Waals surface area (Å²) in [5, 5.41) is 0.372. The van der Waals surface area contributed by atoms with Crippen molar-refractivity contribution in [3.63, 3.8) is 0 Å². The number of carbonyl (C=O) groups excluding carboxylic acids is 1. The van der Waals surface area contributed by atoms with Gasteiger partial charge in [-0.1, -0.05) is 11.6 Å². The third kappa shape index (κ3) is 3.16. The maximum Gasteiger partial charge on any atom is 0.150 e. The molecular weight excluding hydrogens is 212 g/mol. The van der Waals surface area contributed by atoms with Gasteiger partial charge in [-0.15, -0.1) is 0 Å². The van der Waals surface area contributed by atoms with Crippen LogP contribution in [-0.4, -0.2) is 14.7 Å². The fourth-order valence-electron chi connectivity index (χ4n) is 0.984. The second-order valence-electron chi connectivity index (χ2n) is 2.50. The summed E-state index contributed by atoms with van der Waals surface area (Å²) < 4.78 is 20.8. The maximum atomic E-state index is 10.4. The monoisotopic (exact) mass is 218 g/mol. The molecule has 0 saturated carbocycles. The van der Waals surface area contributed by atoms with Gasteiger partial charge in [-0.2, -0.15) is 0 Å². The molecule has 0 N–H and O–H groups in total. The molecule has 0 aromatic heterocycles. The Labute approximate surface area is 82.3 Å². The lowest BCUT2D eigenvalue weighted by atomic mass is 10.2. The number of aldehydes is 1. The fraction of sp³-hybridized carbons (Fsp3) is 0.125. The topological polar surface area (TPSA) is 51.2 Å². The van der Waals surface area contributed by atoms with Crippen molar-refractivity contribution >= 4 is 28.6 Å². The molecule has 0 aliphatic rings. The van der Waals surface area contributed by atoms with E-state index in [1.165, 1.54) is 18.2 Å². The van der Waals surface area contributed by atoms with Gasteiger partial charge >= 0.3 is 0 Å². The summed E-state index contributed by atoms with van der Waals surface area (Å²) >= 11 is 5.66.